The maximum Gasteiger partial charge on any atom is 0.235 e. The molecule has 2 fully saturated rings. The lowest BCUT2D eigenvalue weighted by atomic mass is 9.96. The summed E-state index contributed by atoms with van der Waals surface area (Å²) in [5, 5.41) is 5.82. The van der Waals surface area contributed by atoms with Crippen molar-refractivity contribution in [3.05, 3.63) is 0 Å². The Kier molecular flexibility index (Phi) is 5.84. The van der Waals surface area contributed by atoms with Gasteiger partial charge >= 0.3 is 0 Å². The Morgan fingerprint density at radius 2 is 1.90 bits per heavy atom. The smallest absolute Gasteiger partial charge is 0.235 e. The maximum atomic E-state index is 12.0. The molecule has 0 aromatic carbocycles. The molecule has 0 bridgehead atoms. The lowest BCUT2D eigenvalue weighted by molar-refractivity contribution is -0.118. The lowest BCUT2D eigenvalue weighted by Crippen LogP contribution is -2.36. The normalized spacial score (nSPS) is 24.7. The molecule has 1 atom stereocenters. The average molecular weight is 302 g/mol. The molecule has 1 saturated carbocycles. The molecule has 6 heteroatoms. The number of carbonyl (C=O) groups excluding carboxylic acids is 1. The van der Waals surface area contributed by atoms with Gasteiger partial charge in [0, 0.05) is 6.54 Å². The summed E-state index contributed by atoms with van der Waals surface area (Å²) < 4.78 is 24.1. The summed E-state index contributed by atoms with van der Waals surface area (Å²) in [6.07, 6.45) is 6.72. The highest BCUT2D eigenvalue weighted by Gasteiger charge is 2.30. The number of hydrogen-bond donors (Lipinski definition) is 2. The zero-order chi connectivity index (χ0) is 14.4. The third-order valence-corrected chi connectivity index (χ3v) is 6.57. The van der Waals surface area contributed by atoms with Gasteiger partial charge in [0.25, 0.3) is 0 Å². The van der Waals surface area contributed by atoms with Crippen molar-refractivity contribution in [3.8, 4) is 0 Å². The van der Waals surface area contributed by atoms with Gasteiger partial charge in [-0.05, 0) is 51.1 Å². The van der Waals surface area contributed by atoms with E-state index in [1.54, 1.807) is 0 Å². The van der Waals surface area contributed by atoms with E-state index in [4.69, 9.17) is 0 Å². The van der Waals surface area contributed by atoms with Gasteiger partial charge in [-0.1, -0.05) is 12.8 Å². The summed E-state index contributed by atoms with van der Waals surface area (Å²) in [5.74, 6) is -0.0585. The maximum absolute atomic E-state index is 12.0. The molecule has 116 valence electrons. The molecule has 1 unspecified atom stereocenters. The molecule has 5 nitrogen and oxygen atoms in total. The molecule has 1 aliphatic carbocycles. The molecule has 0 spiro atoms. The van der Waals surface area contributed by atoms with Crippen LogP contribution in [0.2, 0.25) is 0 Å². The van der Waals surface area contributed by atoms with Gasteiger partial charge in [-0.25, -0.2) is 8.42 Å². The minimum atomic E-state index is -3.24. The number of rotatable bonds is 6. The number of amides is 1. The second-order valence-electron chi connectivity index (χ2n) is 6.06. The SMILES string of the molecule is O=C(CS(=O)(=O)C1CCCC1)NCCC1CCCNC1. The molecule has 1 amide bonds. The number of nitrogens with one attached hydrogen (secondary N) is 2. The van der Waals surface area contributed by atoms with Crippen molar-refractivity contribution < 1.29 is 13.2 Å². The van der Waals surface area contributed by atoms with Crippen molar-refractivity contribution in [1.82, 2.24) is 10.6 Å². The Morgan fingerprint density at radius 3 is 2.55 bits per heavy atom. The van der Waals surface area contributed by atoms with E-state index in [1.165, 1.54) is 12.8 Å². The Balaban J connectivity index is 1.66. The van der Waals surface area contributed by atoms with Crippen LogP contribution >= 0.6 is 0 Å². The van der Waals surface area contributed by atoms with Crippen molar-refractivity contribution in [2.45, 2.75) is 50.2 Å². The molecule has 2 aliphatic rings. The van der Waals surface area contributed by atoms with Gasteiger partial charge in [0.1, 0.15) is 5.75 Å². The predicted octanol–water partition coefficient (Wildman–Crippen LogP) is 0.850. The Hall–Kier alpha value is -0.620. The fraction of sp³-hybridized carbons (Fsp3) is 0.929. The molecule has 0 aromatic heterocycles. The molecule has 20 heavy (non-hydrogen) atoms. The molecule has 0 aromatic rings. The molecule has 1 aliphatic heterocycles. The largest absolute Gasteiger partial charge is 0.355 e. The third-order valence-electron chi connectivity index (χ3n) is 4.42. The number of piperidine rings is 1. The summed E-state index contributed by atoms with van der Waals surface area (Å²) in [6, 6.07) is 0. The van der Waals surface area contributed by atoms with Crippen LogP contribution in [0.1, 0.15) is 44.9 Å². The second-order valence-corrected chi connectivity index (χ2v) is 8.35. The quantitative estimate of drug-likeness (QED) is 0.763. The van der Waals surface area contributed by atoms with E-state index in [-0.39, 0.29) is 16.9 Å². The first-order chi connectivity index (χ1) is 9.58. The number of sulfone groups is 1. The van der Waals surface area contributed by atoms with E-state index in [2.05, 4.69) is 10.6 Å². The standard InChI is InChI=1S/C14H26N2O3S/c17-14(11-20(18,19)13-5-1-2-6-13)16-9-7-12-4-3-8-15-10-12/h12-13,15H,1-11H2,(H,16,17). The van der Waals surface area contributed by atoms with Gasteiger partial charge in [-0.2, -0.15) is 0 Å². The van der Waals surface area contributed by atoms with Gasteiger partial charge in [0.05, 0.1) is 5.25 Å². The molecular formula is C14H26N2O3S. The monoisotopic (exact) mass is 302 g/mol. The van der Waals surface area contributed by atoms with Crippen LogP contribution in [-0.4, -0.2) is 45.0 Å². The van der Waals surface area contributed by atoms with Gasteiger partial charge in [-0.15, -0.1) is 0 Å². The van der Waals surface area contributed by atoms with Crippen molar-refractivity contribution >= 4 is 15.7 Å². The van der Waals surface area contributed by atoms with Crippen LogP contribution < -0.4 is 10.6 Å². The Bertz CT molecular complexity index is 410. The Labute approximate surface area is 121 Å². The van der Waals surface area contributed by atoms with E-state index in [0.717, 1.165) is 45.2 Å². The highest BCUT2D eigenvalue weighted by Crippen LogP contribution is 2.25. The summed E-state index contributed by atoms with van der Waals surface area (Å²) in [5.41, 5.74) is 0. The molecule has 2 rings (SSSR count). The van der Waals surface area contributed by atoms with Crippen LogP contribution in [0, 0.1) is 5.92 Å². The van der Waals surface area contributed by atoms with Crippen molar-refractivity contribution in [2.24, 2.45) is 5.92 Å². The average Bonchev–Trinajstić information content (AvgIpc) is 2.94. The first-order valence-corrected chi connectivity index (χ1v) is 9.48. The number of hydrogen-bond acceptors (Lipinski definition) is 4. The second kappa shape index (κ2) is 7.41. The van der Waals surface area contributed by atoms with E-state index in [0.29, 0.717) is 12.5 Å². The molecule has 1 saturated heterocycles. The highest BCUT2D eigenvalue weighted by molar-refractivity contribution is 7.92. The lowest BCUT2D eigenvalue weighted by Gasteiger charge is -2.22. The van der Waals surface area contributed by atoms with Crippen molar-refractivity contribution in [3.63, 3.8) is 0 Å². The Morgan fingerprint density at radius 1 is 1.15 bits per heavy atom. The van der Waals surface area contributed by atoms with E-state index < -0.39 is 9.84 Å². The van der Waals surface area contributed by atoms with Gasteiger partial charge in [0.15, 0.2) is 9.84 Å². The number of carbonyl (C=O) groups is 1. The zero-order valence-electron chi connectivity index (χ0n) is 12.1. The van der Waals surface area contributed by atoms with E-state index >= 15 is 0 Å². The fourth-order valence-electron chi connectivity index (χ4n) is 3.19. The van der Waals surface area contributed by atoms with Gasteiger partial charge in [-0.3, -0.25) is 4.79 Å². The summed E-state index contributed by atoms with van der Waals surface area (Å²) >= 11 is 0. The van der Waals surface area contributed by atoms with Gasteiger partial charge < -0.3 is 10.6 Å². The molecule has 1 heterocycles. The van der Waals surface area contributed by atoms with Crippen LogP contribution in [0.15, 0.2) is 0 Å². The third kappa shape index (κ3) is 4.74. The van der Waals surface area contributed by atoms with Crippen LogP contribution in [0.3, 0.4) is 0 Å². The molecule has 0 radical (unpaired) electrons. The van der Waals surface area contributed by atoms with Crippen LogP contribution in [0.25, 0.3) is 0 Å². The van der Waals surface area contributed by atoms with Crippen LogP contribution in [0.5, 0.6) is 0 Å². The summed E-state index contributed by atoms with van der Waals surface area (Å²) in [7, 11) is -3.24. The molecule has 2 N–H and O–H groups in total. The van der Waals surface area contributed by atoms with E-state index in [9.17, 15) is 13.2 Å². The van der Waals surface area contributed by atoms with E-state index in [1.807, 2.05) is 0 Å². The minimum absolute atomic E-state index is 0.282. The first kappa shape index (κ1) is 15.8. The first-order valence-electron chi connectivity index (χ1n) is 7.77. The zero-order valence-corrected chi connectivity index (χ0v) is 12.9. The minimum Gasteiger partial charge on any atom is -0.355 e. The van der Waals surface area contributed by atoms with Crippen molar-refractivity contribution in [2.75, 3.05) is 25.4 Å². The van der Waals surface area contributed by atoms with Gasteiger partial charge in [0.2, 0.25) is 5.91 Å². The van der Waals surface area contributed by atoms with Crippen LogP contribution in [-0.2, 0) is 14.6 Å². The topological polar surface area (TPSA) is 75.3 Å². The van der Waals surface area contributed by atoms with Crippen molar-refractivity contribution in [1.29, 1.82) is 0 Å². The summed E-state index contributed by atoms with van der Waals surface area (Å²) in [4.78, 5) is 11.8. The predicted molar refractivity (Wildman–Crippen MR) is 79.3 cm³/mol. The molecular weight excluding hydrogens is 276 g/mol. The van der Waals surface area contributed by atoms with Crippen LogP contribution in [0.4, 0.5) is 0 Å². The fourth-order valence-corrected chi connectivity index (χ4v) is 4.94. The highest BCUT2D eigenvalue weighted by atomic mass is 32.2. The summed E-state index contributed by atoms with van der Waals surface area (Å²) in [6.45, 7) is 2.68.